The number of carbonyl (C=O) groups excluding carboxylic acids is 1. The van der Waals surface area contributed by atoms with E-state index in [0.29, 0.717) is 32.2 Å². The molecule has 0 aliphatic carbocycles. The van der Waals surface area contributed by atoms with Crippen LogP contribution in [0.4, 0.5) is 0 Å². The molecular weight excluding hydrogens is 600 g/mol. The number of thioether (sulfide) groups is 1. The summed E-state index contributed by atoms with van der Waals surface area (Å²) in [6.45, 7) is 0.435. The van der Waals surface area contributed by atoms with Gasteiger partial charge in [-0.05, 0) is 58.9 Å². The highest BCUT2D eigenvalue weighted by Gasteiger charge is 2.32. The van der Waals surface area contributed by atoms with E-state index in [0.717, 1.165) is 50.6 Å². The summed E-state index contributed by atoms with van der Waals surface area (Å²) >= 11 is 1.67. The van der Waals surface area contributed by atoms with Gasteiger partial charge in [-0.15, -0.1) is 11.8 Å². The topological polar surface area (TPSA) is 118 Å². The molecule has 1 amide bonds. The number of benzene rings is 3. The highest BCUT2D eigenvalue weighted by atomic mass is 32.2. The number of aromatic nitrogens is 1. The summed E-state index contributed by atoms with van der Waals surface area (Å²) < 4.78 is 13.0. The SMILES string of the molecule is O=C(O)CCCCCC(=O)NCc1cccc(-c2ccc([C@@H]3O[C@H](CSc4ccccn4)C[C@H](c4ccc(CO)cc4)O3)cc2)c1. The number of aliphatic hydroxyl groups is 1. The fourth-order valence-corrected chi connectivity index (χ4v) is 6.24. The molecule has 9 heteroatoms. The fourth-order valence-electron chi connectivity index (χ4n) is 5.35. The van der Waals surface area contributed by atoms with Crippen molar-refractivity contribution in [2.45, 2.75) is 75.2 Å². The maximum absolute atomic E-state index is 12.3. The molecular formula is C37H40N2O6S. The molecule has 5 rings (SSSR count). The zero-order valence-corrected chi connectivity index (χ0v) is 26.5. The quantitative estimate of drug-likeness (QED) is 0.0920. The highest BCUT2D eigenvalue weighted by molar-refractivity contribution is 7.99. The van der Waals surface area contributed by atoms with Gasteiger partial charge in [-0.3, -0.25) is 9.59 Å². The van der Waals surface area contributed by atoms with Crippen molar-refractivity contribution in [2.24, 2.45) is 0 Å². The number of nitrogens with one attached hydrogen (secondary N) is 1. The Hall–Kier alpha value is -4.02. The van der Waals surface area contributed by atoms with Crippen LogP contribution in [-0.2, 0) is 32.2 Å². The molecule has 1 aliphatic heterocycles. The third-order valence-corrected chi connectivity index (χ3v) is 8.97. The molecule has 8 nitrogen and oxygen atoms in total. The summed E-state index contributed by atoms with van der Waals surface area (Å²) in [6.07, 6.45) is 4.30. The Morgan fingerprint density at radius 3 is 2.35 bits per heavy atom. The summed E-state index contributed by atoms with van der Waals surface area (Å²) in [5.41, 5.74) is 5.94. The van der Waals surface area contributed by atoms with Crippen LogP contribution in [0.15, 0.2) is 102 Å². The van der Waals surface area contributed by atoms with Gasteiger partial charge in [-0.1, -0.05) is 79.2 Å². The first kappa shape index (κ1) is 33.3. The summed E-state index contributed by atoms with van der Waals surface area (Å²) in [5.74, 6) is -0.0871. The molecule has 0 unspecified atom stereocenters. The number of aliphatic hydroxyl groups excluding tert-OH is 1. The van der Waals surface area contributed by atoms with Gasteiger partial charge in [0.1, 0.15) is 0 Å². The monoisotopic (exact) mass is 640 g/mol. The summed E-state index contributed by atoms with van der Waals surface area (Å²) in [5, 5.41) is 22.1. The average Bonchev–Trinajstić information content (AvgIpc) is 3.10. The number of carbonyl (C=O) groups is 2. The number of aliphatic carboxylic acids is 1. The molecule has 0 spiro atoms. The molecule has 3 atom stereocenters. The molecule has 1 aliphatic rings. The molecule has 1 aromatic heterocycles. The number of rotatable bonds is 15. The van der Waals surface area contributed by atoms with Crippen LogP contribution < -0.4 is 5.32 Å². The van der Waals surface area contributed by atoms with Crippen molar-refractivity contribution in [3.05, 3.63) is 119 Å². The molecule has 3 N–H and O–H groups in total. The van der Waals surface area contributed by atoms with Crippen molar-refractivity contribution in [2.75, 3.05) is 5.75 Å². The number of carboxylic acid groups (broad SMARTS) is 1. The lowest BCUT2D eigenvalue weighted by Crippen LogP contribution is -2.31. The van der Waals surface area contributed by atoms with Crippen LogP contribution >= 0.6 is 11.8 Å². The van der Waals surface area contributed by atoms with Crippen LogP contribution in [0, 0.1) is 0 Å². The minimum absolute atomic E-state index is 0.00233. The number of unbranched alkanes of at least 4 members (excludes halogenated alkanes) is 2. The lowest BCUT2D eigenvalue weighted by atomic mass is 9.99. The number of ether oxygens (including phenoxy) is 2. The van der Waals surface area contributed by atoms with Gasteiger partial charge in [0.05, 0.1) is 23.8 Å². The van der Waals surface area contributed by atoms with Crippen LogP contribution in [0.25, 0.3) is 11.1 Å². The lowest BCUT2D eigenvalue weighted by Gasteiger charge is -2.36. The Morgan fingerprint density at radius 1 is 0.826 bits per heavy atom. The maximum atomic E-state index is 12.3. The van der Waals surface area contributed by atoms with E-state index < -0.39 is 12.3 Å². The van der Waals surface area contributed by atoms with Crippen LogP contribution in [0.1, 0.15) is 73.2 Å². The van der Waals surface area contributed by atoms with E-state index in [1.165, 1.54) is 0 Å². The van der Waals surface area contributed by atoms with Crippen molar-refractivity contribution in [3.8, 4) is 11.1 Å². The van der Waals surface area contributed by atoms with Crippen LogP contribution in [0.5, 0.6) is 0 Å². The molecule has 2 heterocycles. The number of hydrogen-bond donors (Lipinski definition) is 3. The minimum atomic E-state index is -0.801. The number of hydrogen-bond acceptors (Lipinski definition) is 7. The Balaban J connectivity index is 1.21. The van der Waals surface area contributed by atoms with Crippen LogP contribution in [0.2, 0.25) is 0 Å². The third-order valence-electron chi connectivity index (χ3n) is 7.90. The van der Waals surface area contributed by atoms with Crippen molar-refractivity contribution in [1.82, 2.24) is 10.3 Å². The largest absolute Gasteiger partial charge is 0.481 e. The zero-order chi connectivity index (χ0) is 32.1. The van der Waals surface area contributed by atoms with Crippen molar-refractivity contribution in [3.63, 3.8) is 0 Å². The fraction of sp³-hybridized carbons (Fsp3) is 0.324. The van der Waals surface area contributed by atoms with Gasteiger partial charge >= 0.3 is 5.97 Å². The second-order valence-corrected chi connectivity index (χ2v) is 12.4. The van der Waals surface area contributed by atoms with Gasteiger partial charge < -0.3 is 25.0 Å². The lowest BCUT2D eigenvalue weighted by molar-refractivity contribution is -0.245. The Bertz CT molecular complexity index is 1550. The highest BCUT2D eigenvalue weighted by Crippen LogP contribution is 2.39. The van der Waals surface area contributed by atoms with Crippen molar-refractivity contribution < 1.29 is 29.3 Å². The third kappa shape index (κ3) is 9.99. The van der Waals surface area contributed by atoms with E-state index in [-0.39, 0.29) is 31.1 Å². The molecule has 0 radical (unpaired) electrons. The standard InChI is InChI=1S/C37H40N2O6S/c40-24-26-12-14-29(15-13-26)33-22-32(25-46-35-10-4-5-20-38-35)44-37(45-33)30-18-16-28(17-19-30)31-8-6-7-27(21-31)23-39-34(41)9-2-1-3-11-36(42)43/h4-8,10,12-21,32-33,37,40H,1-3,9,11,22-25H2,(H,39,41)(H,42,43)/t32-,33+,37+/m0/s1. The van der Waals surface area contributed by atoms with Gasteiger partial charge in [0, 0.05) is 43.3 Å². The van der Waals surface area contributed by atoms with Gasteiger partial charge in [-0.2, -0.15) is 0 Å². The number of carboxylic acids is 1. The zero-order valence-electron chi connectivity index (χ0n) is 25.7. The van der Waals surface area contributed by atoms with Gasteiger partial charge in [0.15, 0.2) is 6.29 Å². The van der Waals surface area contributed by atoms with E-state index in [1.807, 2.05) is 72.8 Å². The number of amides is 1. The predicted octanol–water partition coefficient (Wildman–Crippen LogP) is 7.23. The van der Waals surface area contributed by atoms with Crippen LogP contribution in [-0.4, -0.2) is 38.9 Å². The normalized spacial score (nSPS) is 17.8. The first-order valence-corrected chi connectivity index (χ1v) is 16.7. The van der Waals surface area contributed by atoms with E-state index in [9.17, 15) is 14.7 Å². The van der Waals surface area contributed by atoms with E-state index in [1.54, 1.807) is 18.0 Å². The number of nitrogens with zero attached hydrogens (tertiary/aromatic N) is 1. The second kappa shape index (κ2) is 17.1. The Labute approximate surface area is 274 Å². The summed E-state index contributed by atoms with van der Waals surface area (Å²) in [6, 6.07) is 30.1. The van der Waals surface area contributed by atoms with E-state index in [2.05, 4.69) is 28.5 Å². The average molecular weight is 641 g/mol. The van der Waals surface area contributed by atoms with Crippen LogP contribution in [0.3, 0.4) is 0 Å². The molecule has 240 valence electrons. The van der Waals surface area contributed by atoms with Gasteiger partial charge in [0.25, 0.3) is 0 Å². The molecule has 1 fully saturated rings. The molecule has 3 aromatic carbocycles. The van der Waals surface area contributed by atoms with E-state index in [4.69, 9.17) is 14.6 Å². The first-order chi connectivity index (χ1) is 22.5. The van der Waals surface area contributed by atoms with Gasteiger partial charge in [0.2, 0.25) is 5.91 Å². The van der Waals surface area contributed by atoms with Gasteiger partial charge in [-0.25, -0.2) is 4.98 Å². The molecule has 0 saturated carbocycles. The number of pyridine rings is 1. The molecule has 0 bridgehead atoms. The first-order valence-electron chi connectivity index (χ1n) is 15.7. The predicted molar refractivity (Wildman–Crippen MR) is 178 cm³/mol. The Kier molecular flexibility index (Phi) is 12.4. The Morgan fingerprint density at radius 2 is 1.61 bits per heavy atom. The second-order valence-electron chi connectivity index (χ2n) is 11.4. The summed E-state index contributed by atoms with van der Waals surface area (Å²) in [4.78, 5) is 27.3. The molecule has 4 aromatic rings. The molecule has 46 heavy (non-hydrogen) atoms. The molecule has 1 saturated heterocycles. The van der Waals surface area contributed by atoms with Crippen molar-refractivity contribution in [1.29, 1.82) is 0 Å². The maximum Gasteiger partial charge on any atom is 0.303 e. The van der Waals surface area contributed by atoms with Crippen molar-refractivity contribution >= 4 is 23.6 Å². The minimum Gasteiger partial charge on any atom is -0.481 e. The summed E-state index contributed by atoms with van der Waals surface area (Å²) in [7, 11) is 0. The van der Waals surface area contributed by atoms with E-state index >= 15 is 0 Å². The smallest absolute Gasteiger partial charge is 0.303 e.